The van der Waals surface area contributed by atoms with E-state index in [9.17, 15) is 9.90 Å². The van der Waals surface area contributed by atoms with E-state index >= 15 is 0 Å². The van der Waals surface area contributed by atoms with E-state index in [4.69, 9.17) is 4.98 Å². The Kier molecular flexibility index (Phi) is 8.25. The molecule has 0 atom stereocenters. The monoisotopic (exact) mass is 651 g/mol. The van der Waals surface area contributed by atoms with E-state index in [2.05, 4.69) is 59.9 Å². The van der Waals surface area contributed by atoms with Crippen LogP contribution < -0.4 is 10.2 Å². The molecule has 3 aliphatic heterocycles. The van der Waals surface area contributed by atoms with Crippen LogP contribution in [0.5, 0.6) is 0 Å². The summed E-state index contributed by atoms with van der Waals surface area (Å²) in [7, 11) is 4.12. The minimum atomic E-state index is -0.267. The highest BCUT2D eigenvalue weighted by Gasteiger charge is 2.44. The predicted octanol–water partition coefficient (Wildman–Crippen LogP) is 4.86. The van der Waals surface area contributed by atoms with Crippen LogP contribution in [0.1, 0.15) is 73.5 Å². The number of anilines is 2. The van der Waals surface area contributed by atoms with Crippen LogP contribution in [0.3, 0.4) is 0 Å². The maximum Gasteiger partial charge on any atom is 0.258 e. The fourth-order valence-electron chi connectivity index (χ4n) is 8.99. The molecule has 6 heterocycles. The molecule has 1 aliphatic carbocycles. The zero-order valence-electron chi connectivity index (χ0n) is 28.6. The first-order valence-electron chi connectivity index (χ1n) is 17.9. The summed E-state index contributed by atoms with van der Waals surface area (Å²) >= 11 is 0. The molecule has 1 spiro atoms. The molecule has 3 saturated heterocycles. The number of carbonyl (C=O) groups is 1. The number of aliphatic hydroxyl groups is 1. The van der Waals surface area contributed by atoms with E-state index in [1.54, 1.807) is 10.9 Å². The second-order valence-corrected chi connectivity index (χ2v) is 15.1. The van der Waals surface area contributed by atoms with Crippen LogP contribution in [0, 0.1) is 12.3 Å². The first-order valence-corrected chi connectivity index (χ1v) is 17.9. The highest BCUT2D eigenvalue weighted by Crippen LogP contribution is 2.41. The van der Waals surface area contributed by atoms with Crippen LogP contribution >= 0.6 is 0 Å². The molecule has 254 valence electrons. The molecule has 1 amide bonds. The number of amides is 1. The van der Waals surface area contributed by atoms with Crippen molar-refractivity contribution in [2.75, 3.05) is 56.5 Å². The second kappa shape index (κ2) is 12.6. The molecular formula is C37H49N9O2. The fourth-order valence-corrected chi connectivity index (χ4v) is 8.99. The lowest BCUT2D eigenvalue weighted by Crippen LogP contribution is -2.60. The number of nitrogens with one attached hydrogen (secondary N) is 1. The molecule has 3 aromatic heterocycles. The molecule has 0 bridgehead atoms. The summed E-state index contributed by atoms with van der Waals surface area (Å²) in [6.07, 6.45) is 11.7. The van der Waals surface area contributed by atoms with Gasteiger partial charge in [0.1, 0.15) is 0 Å². The predicted molar refractivity (Wildman–Crippen MR) is 188 cm³/mol. The van der Waals surface area contributed by atoms with Crippen molar-refractivity contribution in [3.05, 3.63) is 54.0 Å². The molecule has 8 rings (SSSR count). The van der Waals surface area contributed by atoms with Gasteiger partial charge in [-0.05, 0) is 114 Å². The Bertz CT molecular complexity index is 1780. The van der Waals surface area contributed by atoms with Crippen molar-refractivity contribution in [2.24, 2.45) is 12.5 Å². The van der Waals surface area contributed by atoms with Crippen molar-refractivity contribution in [1.29, 1.82) is 0 Å². The third-order valence-electron chi connectivity index (χ3n) is 11.6. The number of rotatable bonds is 6. The van der Waals surface area contributed by atoms with E-state index in [-0.39, 0.29) is 18.1 Å². The van der Waals surface area contributed by atoms with E-state index in [1.807, 2.05) is 32.3 Å². The normalized spacial score (nSPS) is 23.9. The van der Waals surface area contributed by atoms with Gasteiger partial charge in [-0.2, -0.15) is 5.10 Å². The lowest BCUT2D eigenvalue weighted by molar-refractivity contribution is -0.0419. The Balaban J connectivity index is 1.02. The molecular weight excluding hydrogens is 602 g/mol. The zero-order valence-corrected chi connectivity index (χ0v) is 28.6. The number of hydrogen-bond acceptors (Lipinski definition) is 8. The third kappa shape index (κ3) is 6.12. The minimum absolute atomic E-state index is 0.151. The molecule has 11 nitrogen and oxygen atoms in total. The Labute approximate surface area is 282 Å². The standard InChI is InChI=1S/C37H49N9O2/c1-25-18-26(19-33(39-25)27-21-38-43(3)22-27)35(48)41-36-40-32-9-6-30(20-34(32)46(36)29-4-7-31(47)8-5-29)44-14-10-28(11-15-44)45-16-12-37(13-17-45)23-42(2)24-37/h6,9,18-22,28-29,31,47H,4-5,7-8,10-17,23-24H2,1-3H3,(H,40,41,48). The first-order chi connectivity index (χ1) is 23.2. The van der Waals surface area contributed by atoms with Gasteiger partial charge < -0.3 is 24.4 Å². The highest BCUT2D eigenvalue weighted by atomic mass is 16.3. The van der Waals surface area contributed by atoms with Crippen LogP contribution in [0.15, 0.2) is 42.7 Å². The quantitative estimate of drug-likeness (QED) is 0.305. The van der Waals surface area contributed by atoms with Crippen molar-refractivity contribution < 1.29 is 9.90 Å². The average Bonchev–Trinajstić information content (AvgIpc) is 3.67. The number of aromatic nitrogens is 5. The maximum absolute atomic E-state index is 13.8. The van der Waals surface area contributed by atoms with Crippen molar-refractivity contribution in [3.63, 3.8) is 0 Å². The van der Waals surface area contributed by atoms with E-state index < -0.39 is 0 Å². The minimum Gasteiger partial charge on any atom is -0.393 e. The topological polar surface area (TPSA) is 108 Å². The highest BCUT2D eigenvalue weighted by molar-refractivity contribution is 6.05. The van der Waals surface area contributed by atoms with Gasteiger partial charge in [0, 0.05) is 74.0 Å². The molecule has 4 aliphatic rings. The average molecular weight is 652 g/mol. The number of piperidine rings is 2. The Hall–Kier alpha value is -3.80. The van der Waals surface area contributed by atoms with Gasteiger partial charge in [0.25, 0.3) is 5.91 Å². The van der Waals surface area contributed by atoms with Crippen LogP contribution in [0.2, 0.25) is 0 Å². The number of hydrogen-bond donors (Lipinski definition) is 2. The van der Waals surface area contributed by atoms with Gasteiger partial charge in [0.05, 0.1) is 29.0 Å². The van der Waals surface area contributed by atoms with E-state index in [0.717, 1.165) is 61.1 Å². The van der Waals surface area contributed by atoms with Crippen LogP contribution in [0.4, 0.5) is 11.6 Å². The molecule has 1 aromatic carbocycles. The molecule has 4 fully saturated rings. The van der Waals surface area contributed by atoms with Crippen LogP contribution in [0.25, 0.3) is 22.3 Å². The number of carbonyl (C=O) groups excluding carboxylic acids is 1. The van der Waals surface area contributed by atoms with Crippen molar-refractivity contribution in [2.45, 2.75) is 76.5 Å². The summed E-state index contributed by atoms with van der Waals surface area (Å²) < 4.78 is 3.96. The maximum atomic E-state index is 13.8. The second-order valence-electron chi connectivity index (χ2n) is 15.1. The van der Waals surface area contributed by atoms with Gasteiger partial charge in [-0.1, -0.05) is 0 Å². The van der Waals surface area contributed by atoms with Gasteiger partial charge in [0.2, 0.25) is 5.95 Å². The molecule has 11 heteroatoms. The fraction of sp³-hybridized carbons (Fsp3) is 0.568. The number of benzene rings is 1. The lowest BCUT2D eigenvalue weighted by Gasteiger charge is -2.54. The number of pyridine rings is 1. The number of aryl methyl sites for hydroxylation is 2. The zero-order chi connectivity index (χ0) is 33.0. The summed E-state index contributed by atoms with van der Waals surface area (Å²) in [6.45, 7) is 9.06. The smallest absolute Gasteiger partial charge is 0.258 e. The molecule has 1 saturated carbocycles. The third-order valence-corrected chi connectivity index (χ3v) is 11.6. The number of imidazole rings is 1. The Morgan fingerprint density at radius 1 is 0.917 bits per heavy atom. The van der Waals surface area contributed by atoms with Crippen molar-refractivity contribution in [1.82, 2.24) is 34.1 Å². The summed E-state index contributed by atoms with van der Waals surface area (Å²) in [5.74, 6) is 0.346. The van der Waals surface area contributed by atoms with Gasteiger partial charge in [0.15, 0.2) is 0 Å². The lowest BCUT2D eigenvalue weighted by atomic mass is 9.72. The summed E-state index contributed by atoms with van der Waals surface area (Å²) in [5, 5.41) is 17.8. The molecule has 48 heavy (non-hydrogen) atoms. The van der Waals surface area contributed by atoms with Gasteiger partial charge in [-0.25, -0.2) is 4.98 Å². The summed E-state index contributed by atoms with van der Waals surface area (Å²) in [4.78, 5) is 31.2. The van der Waals surface area contributed by atoms with Crippen molar-refractivity contribution >= 4 is 28.6 Å². The number of aliphatic hydroxyl groups excluding tert-OH is 1. The largest absolute Gasteiger partial charge is 0.393 e. The van der Waals surface area contributed by atoms with Gasteiger partial charge in [-0.15, -0.1) is 0 Å². The molecule has 0 unspecified atom stereocenters. The number of likely N-dealkylation sites (tertiary alicyclic amines) is 2. The summed E-state index contributed by atoms with van der Waals surface area (Å²) in [6, 6.07) is 11.0. The van der Waals surface area contributed by atoms with Gasteiger partial charge >= 0.3 is 0 Å². The van der Waals surface area contributed by atoms with Crippen LogP contribution in [-0.2, 0) is 7.05 Å². The van der Waals surface area contributed by atoms with E-state index in [1.165, 1.54) is 57.5 Å². The molecule has 0 radical (unpaired) electrons. The van der Waals surface area contributed by atoms with Gasteiger partial charge in [-0.3, -0.25) is 19.8 Å². The van der Waals surface area contributed by atoms with Crippen molar-refractivity contribution in [3.8, 4) is 11.3 Å². The number of nitrogens with zero attached hydrogens (tertiary/aromatic N) is 8. The summed E-state index contributed by atoms with van der Waals surface area (Å²) in [5.41, 5.74) is 6.61. The SMILES string of the molecule is Cc1cc(C(=O)Nc2nc3ccc(N4CCC(N5CCC6(CC5)CN(C)C6)CC4)cc3n2C2CCC(O)CC2)cc(-c2cnn(C)c2)n1. The molecule has 2 N–H and O–H groups in total. The van der Waals surface area contributed by atoms with E-state index in [0.29, 0.717) is 28.7 Å². The number of fused-ring (bicyclic) bond motifs is 1. The Morgan fingerprint density at radius 3 is 2.35 bits per heavy atom. The molecule has 4 aromatic rings. The first kappa shape index (κ1) is 31.5. The Morgan fingerprint density at radius 2 is 1.67 bits per heavy atom. The van der Waals surface area contributed by atoms with Crippen LogP contribution in [-0.4, -0.2) is 104 Å².